The molecule has 3 rings (SSSR count). The average Bonchev–Trinajstić information content (AvgIpc) is 2.65. The predicted octanol–water partition coefficient (Wildman–Crippen LogP) is 7.15. The van der Waals surface area contributed by atoms with Gasteiger partial charge in [-0.15, -0.1) is 13.2 Å². The number of hydrogen-bond donors (Lipinski definition) is 0. The molecule has 1 aromatic rings. The van der Waals surface area contributed by atoms with Crippen molar-refractivity contribution in [2.75, 3.05) is 0 Å². The Bertz CT molecular complexity index is 498. The van der Waals surface area contributed by atoms with Crippen molar-refractivity contribution < 1.29 is 0 Å². The molecule has 0 radical (unpaired) electrons. The summed E-state index contributed by atoms with van der Waals surface area (Å²) < 4.78 is 0. The quantitative estimate of drug-likeness (QED) is 0.488. The molecule has 0 amide bonds. The molecule has 2 aliphatic rings. The van der Waals surface area contributed by atoms with E-state index in [0.29, 0.717) is 5.92 Å². The van der Waals surface area contributed by atoms with Crippen LogP contribution >= 0.6 is 0 Å². The Morgan fingerprint density at radius 2 is 1.42 bits per heavy atom. The molecule has 130 valence electrons. The van der Waals surface area contributed by atoms with Gasteiger partial charge in [-0.05, 0) is 87.0 Å². The summed E-state index contributed by atoms with van der Waals surface area (Å²) in [5.74, 6) is 4.28. The standard InChI is InChI=1S/C24H34/c1-3-8-19-11-13-20(14-12-19)21-15-17-23(18-16-21)24(4-2)22-9-6-5-7-10-22/h3-7,9-10,19-21,23-24H,1-2,8,11-18H2. The highest BCUT2D eigenvalue weighted by Gasteiger charge is 2.32. The monoisotopic (exact) mass is 322 g/mol. The Morgan fingerprint density at radius 3 is 1.96 bits per heavy atom. The van der Waals surface area contributed by atoms with Gasteiger partial charge in [-0.2, -0.15) is 0 Å². The molecule has 0 heteroatoms. The van der Waals surface area contributed by atoms with Crippen molar-refractivity contribution in [2.45, 2.75) is 63.7 Å². The largest absolute Gasteiger partial charge is 0.103 e. The molecule has 2 saturated carbocycles. The van der Waals surface area contributed by atoms with Gasteiger partial charge in [0, 0.05) is 5.92 Å². The Morgan fingerprint density at radius 1 is 0.833 bits per heavy atom. The van der Waals surface area contributed by atoms with E-state index in [2.05, 4.69) is 55.6 Å². The number of rotatable bonds is 6. The van der Waals surface area contributed by atoms with Crippen molar-refractivity contribution in [3.63, 3.8) is 0 Å². The fraction of sp³-hybridized carbons (Fsp3) is 0.583. The maximum atomic E-state index is 4.14. The van der Waals surface area contributed by atoms with E-state index in [0.717, 1.165) is 23.7 Å². The van der Waals surface area contributed by atoms with Gasteiger partial charge in [0.05, 0.1) is 0 Å². The van der Waals surface area contributed by atoms with E-state index >= 15 is 0 Å². The Hall–Kier alpha value is -1.30. The van der Waals surface area contributed by atoms with Crippen LogP contribution in [0.1, 0.15) is 69.3 Å². The highest BCUT2D eigenvalue weighted by molar-refractivity contribution is 5.24. The van der Waals surface area contributed by atoms with Crippen LogP contribution < -0.4 is 0 Å². The van der Waals surface area contributed by atoms with Crippen LogP contribution in [0.2, 0.25) is 0 Å². The van der Waals surface area contributed by atoms with E-state index in [1.807, 2.05) is 0 Å². The van der Waals surface area contributed by atoms with E-state index in [1.54, 1.807) is 0 Å². The average molecular weight is 323 g/mol. The first kappa shape index (κ1) is 17.5. The fourth-order valence-corrected chi connectivity index (χ4v) is 5.38. The molecule has 0 heterocycles. The lowest BCUT2D eigenvalue weighted by molar-refractivity contribution is 0.143. The van der Waals surface area contributed by atoms with Crippen molar-refractivity contribution in [1.82, 2.24) is 0 Å². The van der Waals surface area contributed by atoms with Gasteiger partial charge in [0.25, 0.3) is 0 Å². The van der Waals surface area contributed by atoms with Crippen LogP contribution in [-0.4, -0.2) is 0 Å². The van der Waals surface area contributed by atoms with Crippen molar-refractivity contribution in [3.05, 3.63) is 61.2 Å². The van der Waals surface area contributed by atoms with Crippen LogP contribution in [-0.2, 0) is 0 Å². The third-order valence-electron chi connectivity index (χ3n) is 6.82. The second kappa shape index (κ2) is 8.70. The SMILES string of the molecule is C=CCC1CCC(C2CCC(C(C=C)c3ccccc3)CC2)CC1. The summed E-state index contributed by atoms with van der Waals surface area (Å²) in [5, 5.41) is 0. The maximum Gasteiger partial charge on any atom is 0.00435 e. The molecule has 0 bridgehead atoms. The Kier molecular flexibility index (Phi) is 6.35. The first-order chi connectivity index (χ1) is 11.8. The molecule has 2 aliphatic carbocycles. The Labute approximate surface area is 149 Å². The second-order valence-corrected chi connectivity index (χ2v) is 8.15. The third-order valence-corrected chi connectivity index (χ3v) is 6.82. The van der Waals surface area contributed by atoms with Gasteiger partial charge in [0.1, 0.15) is 0 Å². The molecular formula is C24H34. The van der Waals surface area contributed by atoms with Gasteiger partial charge in [0.15, 0.2) is 0 Å². The summed E-state index contributed by atoms with van der Waals surface area (Å²) in [6.07, 6.45) is 17.0. The molecule has 1 atom stereocenters. The molecule has 0 N–H and O–H groups in total. The molecule has 0 aromatic heterocycles. The fourth-order valence-electron chi connectivity index (χ4n) is 5.38. The van der Waals surface area contributed by atoms with Gasteiger partial charge < -0.3 is 0 Å². The van der Waals surface area contributed by atoms with E-state index in [-0.39, 0.29) is 0 Å². The van der Waals surface area contributed by atoms with Gasteiger partial charge in [0.2, 0.25) is 0 Å². The van der Waals surface area contributed by atoms with Crippen LogP contribution in [0.3, 0.4) is 0 Å². The maximum absolute atomic E-state index is 4.14. The highest BCUT2D eigenvalue weighted by Crippen LogP contribution is 2.45. The lowest BCUT2D eigenvalue weighted by Crippen LogP contribution is -2.27. The molecule has 0 nitrogen and oxygen atoms in total. The zero-order chi connectivity index (χ0) is 16.8. The first-order valence-electron chi connectivity index (χ1n) is 10.1. The van der Waals surface area contributed by atoms with E-state index in [1.165, 1.54) is 63.4 Å². The van der Waals surface area contributed by atoms with E-state index in [4.69, 9.17) is 0 Å². The topological polar surface area (TPSA) is 0 Å². The smallest absolute Gasteiger partial charge is 0.00435 e. The van der Waals surface area contributed by atoms with Gasteiger partial charge >= 0.3 is 0 Å². The molecule has 0 aliphatic heterocycles. The molecular weight excluding hydrogens is 288 g/mol. The Balaban J connectivity index is 1.50. The predicted molar refractivity (Wildman–Crippen MR) is 105 cm³/mol. The van der Waals surface area contributed by atoms with E-state index in [9.17, 15) is 0 Å². The molecule has 0 spiro atoms. The number of allylic oxidation sites excluding steroid dienone is 2. The summed E-state index contributed by atoms with van der Waals surface area (Å²) in [6, 6.07) is 11.0. The van der Waals surface area contributed by atoms with Crippen LogP contribution in [0, 0.1) is 23.7 Å². The van der Waals surface area contributed by atoms with Crippen molar-refractivity contribution in [3.8, 4) is 0 Å². The highest BCUT2D eigenvalue weighted by atomic mass is 14.4. The van der Waals surface area contributed by atoms with Crippen LogP contribution in [0.15, 0.2) is 55.6 Å². The minimum Gasteiger partial charge on any atom is -0.103 e. The first-order valence-corrected chi connectivity index (χ1v) is 10.1. The van der Waals surface area contributed by atoms with Crippen LogP contribution in [0.5, 0.6) is 0 Å². The normalized spacial score (nSPS) is 32.0. The zero-order valence-electron chi connectivity index (χ0n) is 15.2. The number of hydrogen-bond acceptors (Lipinski definition) is 0. The summed E-state index contributed by atoms with van der Waals surface area (Å²) in [6.45, 7) is 8.05. The van der Waals surface area contributed by atoms with Gasteiger partial charge in [-0.1, -0.05) is 42.5 Å². The lowest BCUT2D eigenvalue weighted by Gasteiger charge is -2.39. The van der Waals surface area contributed by atoms with E-state index < -0.39 is 0 Å². The van der Waals surface area contributed by atoms with Crippen molar-refractivity contribution in [1.29, 1.82) is 0 Å². The summed E-state index contributed by atoms with van der Waals surface area (Å²) >= 11 is 0. The van der Waals surface area contributed by atoms with Crippen LogP contribution in [0.4, 0.5) is 0 Å². The minimum atomic E-state index is 0.551. The second-order valence-electron chi connectivity index (χ2n) is 8.15. The van der Waals surface area contributed by atoms with Crippen molar-refractivity contribution in [2.24, 2.45) is 23.7 Å². The minimum absolute atomic E-state index is 0.551. The summed E-state index contributed by atoms with van der Waals surface area (Å²) in [7, 11) is 0. The van der Waals surface area contributed by atoms with Gasteiger partial charge in [-0.3, -0.25) is 0 Å². The zero-order valence-corrected chi connectivity index (χ0v) is 15.2. The molecule has 1 unspecified atom stereocenters. The molecule has 24 heavy (non-hydrogen) atoms. The molecule has 1 aromatic carbocycles. The third kappa shape index (κ3) is 4.21. The molecule has 0 saturated heterocycles. The summed E-state index contributed by atoms with van der Waals surface area (Å²) in [5.41, 5.74) is 1.46. The van der Waals surface area contributed by atoms with Crippen LogP contribution in [0.25, 0.3) is 0 Å². The molecule has 2 fully saturated rings. The van der Waals surface area contributed by atoms with Crippen molar-refractivity contribution >= 4 is 0 Å². The lowest BCUT2D eigenvalue weighted by atomic mass is 9.66. The van der Waals surface area contributed by atoms with Gasteiger partial charge in [-0.25, -0.2) is 0 Å². The number of benzene rings is 1. The summed E-state index contributed by atoms with van der Waals surface area (Å²) in [4.78, 5) is 0.